The van der Waals surface area contributed by atoms with E-state index in [4.69, 9.17) is 4.52 Å². The minimum atomic E-state index is -4.80. The number of benzene rings is 2. The van der Waals surface area contributed by atoms with Crippen LogP contribution in [0.15, 0.2) is 40.9 Å². The van der Waals surface area contributed by atoms with Gasteiger partial charge in [-0.2, -0.15) is 0 Å². The van der Waals surface area contributed by atoms with Crippen LogP contribution in [0.2, 0.25) is 0 Å². The number of fused-ring (bicyclic) bond motifs is 1. The van der Waals surface area contributed by atoms with Crippen LogP contribution in [0.1, 0.15) is 17.3 Å². The normalized spacial score (nSPS) is 11.9. The van der Waals surface area contributed by atoms with Gasteiger partial charge in [0.25, 0.3) is 0 Å². The zero-order valence-corrected chi connectivity index (χ0v) is 15.3. The second kappa shape index (κ2) is 6.40. The number of nitrogens with one attached hydrogen (secondary N) is 1. The minimum absolute atomic E-state index is 0.284. The summed E-state index contributed by atoms with van der Waals surface area (Å²) < 4.78 is 48.2. The van der Waals surface area contributed by atoms with Crippen LogP contribution >= 0.6 is 0 Å². The Balaban J connectivity index is 2.00. The van der Waals surface area contributed by atoms with E-state index in [1.165, 1.54) is 12.1 Å². The predicted octanol–water partition coefficient (Wildman–Crippen LogP) is 5.71. The molecule has 0 saturated carbocycles. The van der Waals surface area contributed by atoms with Gasteiger partial charge in [-0.05, 0) is 44.5 Å². The van der Waals surface area contributed by atoms with Gasteiger partial charge in [-0.15, -0.1) is 13.2 Å². The van der Waals surface area contributed by atoms with Crippen molar-refractivity contribution in [1.29, 1.82) is 0 Å². The van der Waals surface area contributed by atoms with Gasteiger partial charge in [-0.25, -0.2) is 4.98 Å². The summed E-state index contributed by atoms with van der Waals surface area (Å²) in [6.07, 6.45) is -4.80. The summed E-state index contributed by atoms with van der Waals surface area (Å²) in [5.41, 5.74) is 4.34. The number of rotatable bonds is 3. The molecule has 0 amide bonds. The van der Waals surface area contributed by atoms with E-state index < -0.39 is 6.36 Å². The van der Waals surface area contributed by atoms with Crippen molar-refractivity contribution in [3.63, 3.8) is 0 Å². The van der Waals surface area contributed by atoms with Crippen LogP contribution in [-0.2, 0) is 0 Å². The van der Waals surface area contributed by atoms with Gasteiger partial charge in [0.2, 0.25) is 0 Å². The number of alkyl halides is 3. The maximum absolute atomic E-state index is 12.9. The van der Waals surface area contributed by atoms with Crippen LogP contribution < -0.4 is 4.74 Å². The molecule has 0 bridgehead atoms. The first-order valence-corrected chi connectivity index (χ1v) is 8.51. The summed E-state index contributed by atoms with van der Waals surface area (Å²) >= 11 is 0. The highest BCUT2D eigenvalue weighted by Crippen LogP contribution is 2.40. The fourth-order valence-corrected chi connectivity index (χ4v) is 3.39. The largest absolute Gasteiger partial charge is 0.573 e. The summed E-state index contributed by atoms with van der Waals surface area (Å²) in [5, 5.41) is 3.97. The molecule has 1 N–H and O–H groups in total. The zero-order valence-electron chi connectivity index (χ0n) is 15.3. The molecule has 0 aliphatic rings. The summed E-state index contributed by atoms with van der Waals surface area (Å²) in [7, 11) is 0. The highest BCUT2D eigenvalue weighted by molar-refractivity contribution is 5.97. The molecule has 0 aliphatic heterocycles. The second-order valence-corrected chi connectivity index (χ2v) is 6.49. The molecule has 0 aliphatic carbocycles. The number of ether oxygens (including phenoxy) is 1. The lowest BCUT2D eigenvalue weighted by Gasteiger charge is -2.14. The van der Waals surface area contributed by atoms with Gasteiger partial charge in [-0.3, -0.25) is 0 Å². The molecule has 0 spiro atoms. The SMILES string of the molecule is Cc1nc2c(-c3ccccc3OC(F)(F)F)cc(-c3c(C)noc3C)cc2[nH]1. The highest BCUT2D eigenvalue weighted by atomic mass is 19.4. The number of H-pyrrole nitrogens is 1. The van der Waals surface area contributed by atoms with Crippen LogP contribution in [0.4, 0.5) is 13.2 Å². The van der Waals surface area contributed by atoms with Gasteiger partial charge < -0.3 is 14.2 Å². The topological polar surface area (TPSA) is 63.9 Å². The molecule has 4 rings (SSSR count). The molecule has 144 valence electrons. The third-order valence-corrected chi connectivity index (χ3v) is 4.43. The number of hydrogen-bond acceptors (Lipinski definition) is 4. The Morgan fingerprint density at radius 2 is 1.79 bits per heavy atom. The highest BCUT2D eigenvalue weighted by Gasteiger charge is 2.32. The van der Waals surface area contributed by atoms with Crippen LogP contribution in [0.5, 0.6) is 5.75 Å². The molecular formula is C20H16F3N3O2. The average molecular weight is 387 g/mol. The lowest BCUT2D eigenvalue weighted by atomic mass is 9.96. The maximum atomic E-state index is 12.9. The molecule has 0 fully saturated rings. The summed E-state index contributed by atoms with van der Waals surface area (Å²) in [6, 6.07) is 9.70. The molecule has 8 heteroatoms. The number of hydrogen-bond donors (Lipinski definition) is 1. The van der Waals surface area contributed by atoms with Crippen molar-refractivity contribution in [2.75, 3.05) is 0 Å². The molecule has 2 heterocycles. The summed E-state index contributed by atoms with van der Waals surface area (Å²) in [4.78, 5) is 7.62. The van der Waals surface area contributed by atoms with Crippen molar-refractivity contribution < 1.29 is 22.4 Å². The average Bonchev–Trinajstić information content (AvgIpc) is 3.14. The number of imidazole rings is 1. The van der Waals surface area contributed by atoms with E-state index in [1.54, 1.807) is 32.0 Å². The van der Waals surface area contributed by atoms with E-state index in [0.717, 1.165) is 11.1 Å². The third-order valence-electron chi connectivity index (χ3n) is 4.43. The fraction of sp³-hybridized carbons (Fsp3) is 0.200. The molecule has 0 saturated heterocycles. The quantitative estimate of drug-likeness (QED) is 0.489. The van der Waals surface area contributed by atoms with Gasteiger partial charge in [0, 0.05) is 16.7 Å². The van der Waals surface area contributed by atoms with E-state index in [0.29, 0.717) is 39.4 Å². The van der Waals surface area contributed by atoms with Crippen molar-refractivity contribution in [2.24, 2.45) is 0 Å². The van der Waals surface area contributed by atoms with Crippen molar-refractivity contribution in [1.82, 2.24) is 15.1 Å². The van der Waals surface area contributed by atoms with E-state index in [2.05, 4.69) is 19.9 Å². The molecular weight excluding hydrogens is 371 g/mol. The zero-order chi connectivity index (χ0) is 20.1. The van der Waals surface area contributed by atoms with Crippen molar-refractivity contribution in [2.45, 2.75) is 27.1 Å². The molecule has 0 radical (unpaired) electrons. The van der Waals surface area contributed by atoms with Crippen molar-refractivity contribution >= 4 is 11.0 Å². The third kappa shape index (κ3) is 3.21. The van der Waals surface area contributed by atoms with Crippen LogP contribution in [0, 0.1) is 20.8 Å². The second-order valence-electron chi connectivity index (χ2n) is 6.49. The van der Waals surface area contributed by atoms with Crippen molar-refractivity contribution in [3.05, 3.63) is 53.7 Å². The van der Waals surface area contributed by atoms with Crippen LogP contribution in [0.25, 0.3) is 33.3 Å². The van der Waals surface area contributed by atoms with Crippen LogP contribution in [0.3, 0.4) is 0 Å². The Morgan fingerprint density at radius 3 is 2.46 bits per heavy atom. The molecule has 5 nitrogen and oxygen atoms in total. The first-order valence-electron chi connectivity index (χ1n) is 8.51. The van der Waals surface area contributed by atoms with E-state index in [1.807, 2.05) is 13.0 Å². The van der Waals surface area contributed by atoms with Crippen molar-refractivity contribution in [3.8, 4) is 28.0 Å². The number of aryl methyl sites for hydroxylation is 3. The molecule has 0 atom stereocenters. The predicted molar refractivity (Wildman–Crippen MR) is 97.9 cm³/mol. The lowest BCUT2D eigenvalue weighted by molar-refractivity contribution is -0.274. The maximum Gasteiger partial charge on any atom is 0.573 e. The van der Waals surface area contributed by atoms with Crippen LogP contribution in [-0.4, -0.2) is 21.5 Å². The number of aromatic amines is 1. The Labute approximate surface area is 158 Å². The Hall–Kier alpha value is -3.29. The number of aromatic nitrogens is 3. The standard InChI is InChI=1S/C20H16F3N3O2/c1-10-18(11(2)28-26-10)13-8-15(19-16(9-13)24-12(3)25-19)14-6-4-5-7-17(14)27-20(21,22)23/h4-9H,1-3H3,(H,24,25). The molecule has 2 aromatic heterocycles. The molecule has 4 aromatic rings. The van der Waals surface area contributed by atoms with Gasteiger partial charge in [0.1, 0.15) is 17.3 Å². The Kier molecular flexibility index (Phi) is 4.14. The van der Waals surface area contributed by atoms with E-state index >= 15 is 0 Å². The van der Waals surface area contributed by atoms with Gasteiger partial charge in [-0.1, -0.05) is 23.4 Å². The number of nitrogens with zero attached hydrogens (tertiary/aromatic N) is 2. The minimum Gasteiger partial charge on any atom is -0.405 e. The van der Waals surface area contributed by atoms with Gasteiger partial charge in [0.05, 0.1) is 16.7 Å². The Bertz CT molecular complexity index is 1160. The smallest absolute Gasteiger partial charge is 0.405 e. The molecule has 0 unspecified atom stereocenters. The summed E-state index contributed by atoms with van der Waals surface area (Å²) in [5.74, 6) is 0.994. The van der Waals surface area contributed by atoms with E-state index in [9.17, 15) is 13.2 Å². The first-order chi connectivity index (χ1) is 13.2. The lowest BCUT2D eigenvalue weighted by Crippen LogP contribution is -2.17. The molecule has 2 aromatic carbocycles. The number of halogens is 3. The van der Waals surface area contributed by atoms with Gasteiger partial charge >= 0.3 is 6.36 Å². The molecule has 28 heavy (non-hydrogen) atoms. The van der Waals surface area contributed by atoms with Gasteiger partial charge in [0.15, 0.2) is 0 Å². The van der Waals surface area contributed by atoms with E-state index in [-0.39, 0.29) is 5.75 Å². The fourth-order valence-electron chi connectivity index (χ4n) is 3.39. The Morgan fingerprint density at radius 1 is 1.04 bits per heavy atom. The monoisotopic (exact) mass is 387 g/mol. The summed E-state index contributed by atoms with van der Waals surface area (Å²) in [6.45, 7) is 5.39. The number of para-hydroxylation sites is 1. The first kappa shape index (κ1) is 18.1.